The minimum atomic E-state index is 0.343. The molecule has 0 aromatic rings. The second-order valence-electron chi connectivity index (χ2n) is 6.69. The lowest BCUT2D eigenvalue weighted by atomic mass is 10.0. The third-order valence-electron chi connectivity index (χ3n) is 4.94. The van der Waals surface area contributed by atoms with E-state index in [-0.39, 0.29) is 0 Å². The zero-order chi connectivity index (χ0) is 13.5. The highest BCUT2D eigenvalue weighted by atomic mass is 16.1. The second kappa shape index (κ2) is 7.91. The fraction of sp³-hybridized carbons (Fsp3) is 0.941. The first-order valence-corrected chi connectivity index (χ1v) is 8.59. The van der Waals surface area contributed by atoms with E-state index in [2.05, 4.69) is 12.2 Å². The zero-order valence-electron chi connectivity index (χ0n) is 12.6. The Bertz CT molecular complexity index is 266. The molecule has 2 aliphatic rings. The van der Waals surface area contributed by atoms with Crippen molar-refractivity contribution < 1.29 is 4.79 Å². The smallest absolute Gasteiger partial charge is 0.223 e. The Hall–Kier alpha value is -0.530. The van der Waals surface area contributed by atoms with Gasteiger partial charge in [0.15, 0.2) is 0 Å². The predicted molar refractivity (Wildman–Crippen MR) is 79.9 cm³/mol. The molecule has 0 saturated heterocycles. The Morgan fingerprint density at radius 3 is 2.11 bits per heavy atom. The average Bonchev–Trinajstić information content (AvgIpc) is 3.03. The first-order valence-electron chi connectivity index (χ1n) is 8.59. The van der Waals surface area contributed by atoms with Crippen molar-refractivity contribution in [2.45, 2.75) is 77.6 Å². The number of rotatable bonds is 10. The summed E-state index contributed by atoms with van der Waals surface area (Å²) in [4.78, 5) is 11.9. The van der Waals surface area contributed by atoms with Gasteiger partial charge < -0.3 is 5.32 Å². The average molecular weight is 265 g/mol. The lowest BCUT2D eigenvalue weighted by Gasteiger charge is -2.12. The van der Waals surface area contributed by atoms with Crippen LogP contribution in [0.1, 0.15) is 77.6 Å². The Kier molecular flexibility index (Phi) is 6.19. The number of carbonyl (C=O) groups is 1. The van der Waals surface area contributed by atoms with Gasteiger partial charge in [-0.3, -0.25) is 4.79 Å². The molecule has 110 valence electrons. The molecule has 2 fully saturated rings. The van der Waals surface area contributed by atoms with E-state index in [9.17, 15) is 4.79 Å². The van der Waals surface area contributed by atoms with Gasteiger partial charge in [0.25, 0.3) is 0 Å². The normalized spacial score (nSPS) is 28.2. The lowest BCUT2D eigenvalue weighted by molar-refractivity contribution is -0.125. The topological polar surface area (TPSA) is 29.1 Å². The fourth-order valence-electron chi connectivity index (χ4n) is 3.54. The summed E-state index contributed by atoms with van der Waals surface area (Å²) in [7, 11) is 0. The minimum Gasteiger partial charge on any atom is -0.356 e. The molecule has 2 nitrogen and oxygen atoms in total. The van der Waals surface area contributed by atoms with E-state index in [1.165, 1.54) is 70.6 Å². The Morgan fingerprint density at radius 2 is 1.47 bits per heavy atom. The van der Waals surface area contributed by atoms with Crippen molar-refractivity contribution in [3.8, 4) is 0 Å². The molecule has 2 aliphatic carbocycles. The first-order chi connectivity index (χ1) is 9.31. The second-order valence-corrected chi connectivity index (χ2v) is 6.69. The Balaban J connectivity index is 1.36. The number of carbonyl (C=O) groups excluding carboxylic acids is 1. The van der Waals surface area contributed by atoms with Gasteiger partial charge in [-0.05, 0) is 37.5 Å². The Labute approximate surface area is 118 Å². The molecule has 2 heteroatoms. The monoisotopic (exact) mass is 265 g/mol. The summed E-state index contributed by atoms with van der Waals surface area (Å²) in [5, 5.41) is 3.14. The van der Waals surface area contributed by atoms with Gasteiger partial charge in [-0.15, -0.1) is 0 Å². The van der Waals surface area contributed by atoms with Crippen LogP contribution in [0.15, 0.2) is 0 Å². The highest BCUT2D eigenvalue weighted by Gasteiger charge is 2.47. The number of amides is 1. The molecule has 2 rings (SSSR count). The number of hydrogen-bond acceptors (Lipinski definition) is 1. The van der Waals surface area contributed by atoms with Crippen LogP contribution >= 0.6 is 0 Å². The molecule has 2 saturated carbocycles. The number of unbranched alkanes of at least 4 members (excludes halogenated alkanes) is 7. The van der Waals surface area contributed by atoms with Crippen LogP contribution in [0.25, 0.3) is 0 Å². The molecule has 19 heavy (non-hydrogen) atoms. The maximum Gasteiger partial charge on any atom is 0.223 e. The molecule has 2 unspecified atom stereocenters. The summed E-state index contributed by atoms with van der Waals surface area (Å²) in [6.45, 7) is 3.16. The summed E-state index contributed by atoms with van der Waals surface area (Å²) in [5.74, 6) is 2.53. The van der Waals surface area contributed by atoms with Crippen molar-refractivity contribution in [2.75, 3.05) is 6.54 Å². The maximum absolute atomic E-state index is 11.9. The molecule has 2 atom stereocenters. The van der Waals surface area contributed by atoms with E-state index >= 15 is 0 Å². The molecule has 1 amide bonds. The summed E-state index contributed by atoms with van der Waals surface area (Å²) in [5.41, 5.74) is 0. The zero-order valence-corrected chi connectivity index (χ0v) is 12.6. The SMILES string of the molecule is CCCCCCCCCCNC(=O)C1CC2CC2C1. The van der Waals surface area contributed by atoms with E-state index in [1.807, 2.05) is 0 Å². The van der Waals surface area contributed by atoms with E-state index in [0.717, 1.165) is 18.4 Å². The van der Waals surface area contributed by atoms with Crippen LogP contribution in [0.2, 0.25) is 0 Å². The van der Waals surface area contributed by atoms with Crippen molar-refractivity contribution in [3.63, 3.8) is 0 Å². The van der Waals surface area contributed by atoms with Gasteiger partial charge in [0.2, 0.25) is 5.91 Å². The molecular weight excluding hydrogens is 234 g/mol. The van der Waals surface area contributed by atoms with Gasteiger partial charge in [0, 0.05) is 12.5 Å². The van der Waals surface area contributed by atoms with Crippen molar-refractivity contribution in [1.82, 2.24) is 5.32 Å². The third kappa shape index (κ3) is 5.16. The van der Waals surface area contributed by atoms with Gasteiger partial charge in [-0.2, -0.15) is 0 Å². The summed E-state index contributed by atoms with van der Waals surface area (Å²) in [6, 6.07) is 0. The van der Waals surface area contributed by atoms with Crippen LogP contribution < -0.4 is 5.32 Å². The van der Waals surface area contributed by atoms with E-state index < -0.39 is 0 Å². The standard InChI is InChI=1S/C17H31NO/c1-2-3-4-5-6-7-8-9-10-18-17(19)16-12-14-11-15(14)13-16/h14-16H,2-13H2,1H3,(H,18,19). The largest absolute Gasteiger partial charge is 0.356 e. The van der Waals surface area contributed by atoms with E-state index in [4.69, 9.17) is 0 Å². The summed E-state index contributed by atoms with van der Waals surface area (Å²) in [6.07, 6.45) is 14.4. The Morgan fingerprint density at radius 1 is 0.895 bits per heavy atom. The highest BCUT2D eigenvalue weighted by Crippen LogP contribution is 2.54. The van der Waals surface area contributed by atoms with Gasteiger partial charge in [-0.1, -0.05) is 51.9 Å². The molecule has 0 aliphatic heterocycles. The first kappa shape index (κ1) is 14.9. The lowest BCUT2D eigenvalue weighted by Crippen LogP contribution is -2.30. The molecule has 0 bridgehead atoms. The van der Waals surface area contributed by atoms with Crippen molar-refractivity contribution >= 4 is 5.91 Å². The van der Waals surface area contributed by atoms with Gasteiger partial charge in [0.05, 0.1) is 0 Å². The molecule has 0 spiro atoms. The number of hydrogen-bond donors (Lipinski definition) is 1. The quantitative estimate of drug-likeness (QED) is 0.587. The fourth-order valence-corrected chi connectivity index (χ4v) is 3.54. The van der Waals surface area contributed by atoms with Crippen LogP contribution in [0.5, 0.6) is 0 Å². The van der Waals surface area contributed by atoms with Crippen LogP contribution in [0, 0.1) is 17.8 Å². The molecule has 1 N–H and O–H groups in total. The van der Waals surface area contributed by atoms with E-state index in [0.29, 0.717) is 11.8 Å². The summed E-state index contributed by atoms with van der Waals surface area (Å²) >= 11 is 0. The van der Waals surface area contributed by atoms with Gasteiger partial charge >= 0.3 is 0 Å². The van der Waals surface area contributed by atoms with E-state index in [1.54, 1.807) is 0 Å². The van der Waals surface area contributed by atoms with Crippen LogP contribution in [0.3, 0.4) is 0 Å². The molecular formula is C17H31NO. The van der Waals surface area contributed by atoms with Crippen molar-refractivity contribution in [1.29, 1.82) is 0 Å². The van der Waals surface area contributed by atoms with Crippen LogP contribution in [0.4, 0.5) is 0 Å². The third-order valence-corrected chi connectivity index (χ3v) is 4.94. The predicted octanol–water partition coefficient (Wildman–Crippen LogP) is 4.29. The van der Waals surface area contributed by atoms with Gasteiger partial charge in [-0.25, -0.2) is 0 Å². The minimum absolute atomic E-state index is 0.343. The van der Waals surface area contributed by atoms with Crippen molar-refractivity contribution in [3.05, 3.63) is 0 Å². The van der Waals surface area contributed by atoms with Crippen LogP contribution in [-0.4, -0.2) is 12.5 Å². The molecule has 0 aromatic carbocycles. The molecule has 0 heterocycles. The highest BCUT2D eigenvalue weighted by molar-refractivity contribution is 5.79. The number of fused-ring (bicyclic) bond motifs is 1. The molecule has 0 aromatic heterocycles. The van der Waals surface area contributed by atoms with Crippen molar-refractivity contribution in [2.24, 2.45) is 17.8 Å². The molecule has 0 radical (unpaired) electrons. The van der Waals surface area contributed by atoms with Gasteiger partial charge in [0.1, 0.15) is 0 Å². The maximum atomic E-state index is 11.9. The van der Waals surface area contributed by atoms with Crippen LogP contribution in [-0.2, 0) is 4.79 Å². The number of nitrogens with one attached hydrogen (secondary N) is 1. The summed E-state index contributed by atoms with van der Waals surface area (Å²) < 4.78 is 0.